The zero-order chi connectivity index (χ0) is 18.6. The van der Waals surface area contributed by atoms with Gasteiger partial charge in [0.2, 0.25) is 0 Å². The number of carbonyl (C=O) groups is 1. The molecule has 0 atom stereocenters. The van der Waals surface area contributed by atoms with Crippen molar-refractivity contribution < 1.29 is 9.21 Å². The highest BCUT2D eigenvalue weighted by atomic mass is 16.3. The lowest BCUT2D eigenvalue weighted by Crippen LogP contribution is -2.37. The van der Waals surface area contributed by atoms with Gasteiger partial charge in [-0.15, -0.1) is 0 Å². The SMILES string of the molecule is CCCCCCNC(=NC)NCc1cccc(NC(=O)c2ccco2)c1. The third kappa shape index (κ3) is 6.63. The van der Waals surface area contributed by atoms with Gasteiger partial charge in [0.15, 0.2) is 11.7 Å². The van der Waals surface area contributed by atoms with Crippen molar-refractivity contribution in [2.75, 3.05) is 18.9 Å². The predicted octanol–water partition coefficient (Wildman–Crippen LogP) is 3.78. The molecule has 1 aromatic carbocycles. The van der Waals surface area contributed by atoms with E-state index in [-0.39, 0.29) is 5.91 Å². The molecule has 0 aliphatic carbocycles. The van der Waals surface area contributed by atoms with E-state index < -0.39 is 0 Å². The van der Waals surface area contributed by atoms with Crippen molar-refractivity contribution in [3.63, 3.8) is 0 Å². The molecule has 26 heavy (non-hydrogen) atoms. The smallest absolute Gasteiger partial charge is 0.291 e. The van der Waals surface area contributed by atoms with Gasteiger partial charge in [0.05, 0.1) is 6.26 Å². The van der Waals surface area contributed by atoms with Gasteiger partial charge in [0.25, 0.3) is 5.91 Å². The van der Waals surface area contributed by atoms with Crippen molar-refractivity contribution in [1.29, 1.82) is 0 Å². The van der Waals surface area contributed by atoms with Gasteiger partial charge in [0, 0.05) is 25.8 Å². The Bertz CT molecular complexity index is 696. The summed E-state index contributed by atoms with van der Waals surface area (Å²) in [4.78, 5) is 16.3. The van der Waals surface area contributed by atoms with Crippen molar-refractivity contribution in [2.45, 2.75) is 39.2 Å². The van der Waals surface area contributed by atoms with E-state index in [1.165, 1.54) is 25.5 Å². The van der Waals surface area contributed by atoms with Crippen LogP contribution in [0.3, 0.4) is 0 Å². The van der Waals surface area contributed by atoms with Crippen LogP contribution in [0.25, 0.3) is 0 Å². The van der Waals surface area contributed by atoms with E-state index in [0.717, 1.165) is 30.2 Å². The minimum absolute atomic E-state index is 0.260. The van der Waals surface area contributed by atoms with Crippen LogP contribution in [0.2, 0.25) is 0 Å². The van der Waals surface area contributed by atoms with Gasteiger partial charge in [-0.1, -0.05) is 38.3 Å². The number of hydrogen-bond acceptors (Lipinski definition) is 3. The van der Waals surface area contributed by atoms with E-state index in [1.54, 1.807) is 19.2 Å². The van der Waals surface area contributed by atoms with E-state index >= 15 is 0 Å². The summed E-state index contributed by atoms with van der Waals surface area (Å²) in [6.45, 7) is 3.75. The van der Waals surface area contributed by atoms with Crippen LogP contribution in [0, 0.1) is 0 Å². The number of nitrogens with one attached hydrogen (secondary N) is 3. The average molecular weight is 356 g/mol. The molecule has 6 nitrogen and oxygen atoms in total. The number of anilines is 1. The number of aliphatic imine (C=N–C) groups is 1. The molecule has 0 aliphatic heterocycles. The largest absolute Gasteiger partial charge is 0.459 e. The van der Waals surface area contributed by atoms with Gasteiger partial charge in [0.1, 0.15) is 0 Å². The average Bonchev–Trinajstić information content (AvgIpc) is 3.19. The zero-order valence-corrected chi connectivity index (χ0v) is 15.5. The van der Waals surface area contributed by atoms with Crippen LogP contribution < -0.4 is 16.0 Å². The molecule has 0 saturated heterocycles. The summed E-state index contributed by atoms with van der Waals surface area (Å²) in [5.74, 6) is 0.817. The predicted molar refractivity (Wildman–Crippen MR) is 105 cm³/mol. The topological polar surface area (TPSA) is 78.7 Å². The maximum atomic E-state index is 12.0. The Kier molecular flexibility index (Phi) is 8.26. The van der Waals surface area contributed by atoms with E-state index in [2.05, 4.69) is 27.9 Å². The molecule has 0 spiro atoms. The standard InChI is InChI=1S/C20H28N4O2/c1-3-4-5-6-12-22-20(21-2)23-15-16-9-7-10-17(14-16)24-19(25)18-11-8-13-26-18/h7-11,13-14H,3-6,12,15H2,1-2H3,(H,24,25)(H2,21,22,23). The fourth-order valence-corrected chi connectivity index (χ4v) is 2.52. The normalized spacial score (nSPS) is 11.2. The Morgan fingerprint density at radius 1 is 1.12 bits per heavy atom. The lowest BCUT2D eigenvalue weighted by molar-refractivity contribution is 0.0996. The summed E-state index contributed by atoms with van der Waals surface area (Å²) >= 11 is 0. The number of benzene rings is 1. The van der Waals surface area contributed by atoms with E-state index in [9.17, 15) is 4.79 Å². The molecule has 1 amide bonds. The monoisotopic (exact) mass is 356 g/mol. The lowest BCUT2D eigenvalue weighted by atomic mass is 10.2. The van der Waals surface area contributed by atoms with Crippen molar-refractivity contribution in [2.24, 2.45) is 4.99 Å². The fraction of sp³-hybridized carbons (Fsp3) is 0.400. The van der Waals surface area contributed by atoms with E-state index in [0.29, 0.717) is 12.3 Å². The third-order valence-electron chi connectivity index (χ3n) is 3.94. The zero-order valence-electron chi connectivity index (χ0n) is 15.5. The van der Waals surface area contributed by atoms with Crippen LogP contribution in [0.15, 0.2) is 52.1 Å². The molecular weight excluding hydrogens is 328 g/mol. The van der Waals surface area contributed by atoms with Crippen LogP contribution in [-0.2, 0) is 6.54 Å². The first-order valence-electron chi connectivity index (χ1n) is 9.11. The molecule has 0 unspecified atom stereocenters. The molecular formula is C20H28N4O2. The molecule has 0 radical (unpaired) electrons. The van der Waals surface area contributed by atoms with Crippen LogP contribution in [0.5, 0.6) is 0 Å². The Hall–Kier alpha value is -2.76. The maximum Gasteiger partial charge on any atom is 0.291 e. The quantitative estimate of drug-likeness (QED) is 0.363. The molecule has 6 heteroatoms. The van der Waals surface area contributed by atoms with Crippen LogP contribution in [0.4, 0.5) is 5.69 Å². The summed E-state index contributed by atoms with van der Waals surface area (Å²) in [6, 6.07) is 11.0. The number of guanidine groups is 1. The first kappa shape index (κ1) is 19.6. The van der Waals surface area contributed by atoms with Crippen LogP contribution in [-0.4, -0.2) is 25.5 Å². The summed E-state index contributed by atoms with van der Waals surface area (Å²) in [6.07, 6.45) is 6.36. The Balaban J connectivity index is 1.81. The molecule has 2 rings (SSSR count). The number of hydrogen-bond donors (Lipinski definition) is 3. The van der Waals surface area contributed by atoms with E-state index in [4.69, 9.17) is 4.42 Å². The summed E-state index contributed by atoms with van der Waals surface area (Å²) in [7, 11) is 1.77. The first-order valence-corrected chi connectivity index (χ1v) is 9.11. The molecule has 1 aromatic heterocycles. The summed E-state index contributed by atoms with van der Waals surface area (Å²) in [5, 5.41) is 9.45. The Labute approximate surface area is 155 Å². The number of nitrogens with zero attached hydrogens (tertiary/aromatic N) is 1. The summed E-state index contributed by atoms with van der Waals surface area (Å²) in [5.41, 5.74) is 1.78. The molecule has 0 fully saturated rings. The van der Waals surface area contributed by atoms with Crippen LogP contribution in [0.1, 0.15) is 48.7 Å². The first-order chi connectivity index (χ1) is 12.7. The van der Waals surface area contributed by atoms with Gasteiger partial charge >= 0.3 is 0 Å². The van der Waals surface area contributed by atoms with Gasteiger partial charge in [-0.25, -0.2) is 0 Å². The van der Waals surface area contributed by atoms with Crippen molar-refractivity contribution in [3.05, 3.63) is 54.0 Å². The molecule has 3 N–H and O–H groups in total. The summed E-state index contributed by atoms with van der Waals surface area (Å²) < 4.78 is 5.10. The highest BCUT2D eigenvalue weighted by Crippen LogP contribution is 2.12. The van der Waals surface area contributed by atoms with Gasteiger partial charge in [-0.05, 0) is 36.2 Å². The number of unbranched alkanes of at least 4 members (excludes halogenated alkanes) is 3. The number of rotatable bonds is 9. The maximum absolute atomic E-state index is 12.0. The second-order valence-electron chi connectivity index (χ2n) is 6.05. The van der Waals surface area contributed by atoms with Crippen molar-refractivity contribution >= 4 is 17.6 Å². The molecule has 1 heterocycles. The second-order valence-corrected chi connectivity index (χ2v) is 6.05. The van der Waals surface area contributed by atoms with Gasteiger partial charge in [-0.2, -0.15) is 0 Å². The fourth-order valence-electron chi connectivity index (χ4n) is 2.52. The molecule has 140 valence electrons. The lowest BCUT2D eigenvalue weighted by Gasteiger charge is -2.12. The highest BCUT2D eigenvalue weighted by Gasteiger charge is 2.08. The van der Waals surface area contributed by atoms with Gasteiger partial charge < -0.3 is 20.4 Å². The number of furan rings is 1. The molecule has 0 bridgehead atoms. The molecule has 2 aromatic rings. The van der Waals surface area contributed by atoms with Gasteiger partial charge in [-0.3, -0.25) is 9.79 Å². The number of carbonyl (C=O) groups excluding carboxylic acids is 1. The molecule has 0 aliphatic rings. The minimum atomic E-state index is -0.260. The Morgan fingerprint density at radius 2 is 2.00 bits per heavy atom. The van der Waals surface area contributed by atoms with E-state index in [1.807, 2.05) is 24.3 Å². The molecule has 0 saturated carbocycles. The Morgan fingerprint density at radius 3 is 2.73 bits per heavy atom. The minimum Gasteiger partial charge on any atom is -0.459 e. The highest BCUT2D eigenvalue weighted by molar-refractivity contribution is 6.02. The second kappa shape index (κ2) is 11.0. The number of amides is 1. The van der Waals surface area contributed by atoms with Crippen molar-refractivity contribution in [1.82, 2.24) is 10.6 Å². The van der Waals surface area contributed by atoms with Crippen molar-refractivity contribution in [3.8, 4) is 0 Å². The van der Waals surface area contributed by atoms with Crippen LogP contribution >= 0.6 is 0 Å². The third-order valence-corrected chi connectivity index (χ3v) is 3.94.